The van der Waals surface area contributed by atoms with Gasteiger partial charge in [0.25, 0.3) is 5.91 Å². The lowest BCUT2D eigenvalue weighted by Gasteiger charge is -2.35. The fourth-order valence-corrected chi connectivity index (χ4v) is 6.81. The van der Waals surface area contributed by atoms with Gasteiger partial charge in [-0.1, -0.05) is 6.07 Å². The van der Waals surface area contributed by atoms with E-state index in [9.17, 15) is 15.0 Å². The van der Waals surface area contributed by atoms with Crippen LogP contribution in [-0.2, 0) is 6.54 Å². The van der Waals surface area contributed by atoms with Gasteiger partial charge in [0.05, 0.1) is 29.2 Å². The molecule has 11 heteroatoms. The fraction of sp³-hybridized carbons (Fsp3) is 0.324. The minimum Gasteiger partial charge on any atom is -0.505 e. The van der Waals surface area contributed by atoms with Gasteiger partial charge in [-0.05, 0) is 91.6 Å². The van der Waals surface area contributed by atoms with Crippen LogP contribution in [0, 0.1) is 11.6 Å². The van der Waals surface area contributed by atoms with E-state index in [-0.39, 0.29) is 47.4 Å². The molecule has 0 unspecified atom stereocenters. The van der Waals surface area contributed by atoms with Crippen LogP contribution in [0.15, 0.2) is 60.9 Å². The number of nitrogens with one attached hydrogen (secondary N) is 1. The number of pyridine rings is 2. The van der Waals surface area contributed by atoms with Crippen LogP contribution in [0.5, 0.6) is 11.5 Å². The van der Waals surface area contributed by atoms with E-state index >= 15 is 8.78 Å². The summed E-state index contributed by atoms with van der Waals surface area (Å²) in [4.78, 5) is 29.6. The van der Waals surface area contributed by atoms with Crippen molar-refractivity contribution in [2.75, 3.05) is 31.1 Å². The lowest BCUT2D eigenvalue weighted by atomic mass is 9.94. The van der Waals surface area contributed by atoms with Crippen LogP contribution in [0.2, 0.25) is 0 Å². The number of aromatic hydroxyl groups is 1. The lowest BCUT2D eigenvalue weighted by molar-refractivity contribution is -0.00732. The van der Waals surface area contributed by atoms with Crippen molar-refractivity contribution >= 4 is 22.6 Å². The van der Waals surface area contributed by atoms with Crippen molar-refractivity contribution < 1.29 is 28.5 Å². The van der Waals surface area contributed by atoms with E-state index in [0.29, 0.717) is 28.0 Å². The van der Waals surface area contributed by atoms with E-state index in [0.717, 1.165) is 62.5 Å². The number of aromatic amines is 1. The summed E-state index contributed by atoms with van der Waals surface area (Å²) in [6.45, 7) is 4.31. The number of carbonyl (C=O) groups is 1. The predicted octanol–water partition coefficient (Wildman–Crippen LogP) is 6.54. The Bertz CT molecular complexity index is 2050. The van der Waals surface area contributed by atoms with Crippen LogP contribution in [-0.4, -0.2) is 67.8 Å². The summed E-state index contributed by atoms with van der Waals surface area (Å²) < 4.78 is 36.5. The normalized spacial score (nSPS) is 18.1. The van der Waals surface area contributed by atoms with Gasteiger partial charge in [-0.2, -0.15) is 0 Å². The summed E-state index contributed by atoms with van der Waals surface area (Å²) in [5.74, 6) is -1.96. The van der Waals surface area contributed by atoms with Gasteiger partial charge in [0.1, 0.15) is 41.0 Å². The minimum absolute atomic E-state index is 0.0114. The molecule has 9 nitrogen and oxygen atoms in total. The zero-order valence-corrected chi connectivity index (χ0v) is 26.5. The predicted molar refractivity (Wildman–Crippen MR) is 177 cm³/mol. The summed E-state index contributed by atoms with van der Waals surface area (Å²) in [5, 5.41) is 22.5. The van der Waals surface area contributed by atoms with Crippen molar-refractivity contribution in [3.63, 3.8) is 0 Å². The van der Waals surface area contributed by atoms with Crippen molar-refractivity contribution in [1.82, 2.24) is 19.9 Å². The summed E-state index contributed by atoms with van der Waals surface area (Å²) in [6.07, 6.45) is 6.81. The molecule has 3 aromatic heterocycles. The number of aliphatic hydroxyl groups is 1. The maximum Gasteiger partial charge on any atom is 0.265 e. The number of likely N-dealkylation sites (tertiary alicyclic amines) is 1. The highest BCUT2D eigenvalue weighted by molar-refractivity contribution is 6.10. The third kappa shape index (κ3) is 5.67. The molecule has 0 radical (unpaired) electrons. The number of aromatic nitrogens is 3. The summed E-state index contributed by atoms with van der Waals surface area (Å²) in [7, 11) is 0. The number of phenolic OH excluding ortho intramolecular Hbond substituents is 1. The van der Waals surface area contributed by atoms with Gasteiger partial charge >= 0.3 is 0 Å². The molecule has 246 valence electrons. The molecule has 48 heavy (non-hydrogen) atoms. The quantitative estimate of drug-likeness (QED) is 0.191. The Morgan fingerprint density at radius 2 is 1.83 bits per heavy atom. The van der Waals surface area contributed by atoms with Crippen LogP contribution < -0.4 is 9.64 Å². The molecule has 2 aliphatic heterocycles. The molecule has 1 saturated heterocycles. The molecule has 3 aliphatic rings. The number of ether oxygens (including phenoxy) is 1. The molecule has 0 atom stereocenters. The molecule has 3 N–H and O–H groups in total. The van der Waals surface area contributed by atoms with E-state index < -0.39 is 23.1 Å². The first-order valence-corrected chi connectivity index (χ1v) is 16.3. The molecule has 2 fully saturated rings. The second-order valence-corrected chi connectivity index (χ2v) is 13.4. The van der Waals surface area contributed by atoms with Crippen molar-refractivity contribution in [2.45, 2.75) is 50.7 Å². The SMILES string of the molecule is CC1(O)CCN(Cc2ccc(-c3cc4c(-c5cc(F)cc(N6CCOc7cc(C8CC8)cc(F)c7C6=O)c5O)ccnc4[nH]3)nc2)CC1. The van der Waals surface area contributed by atoms with E-state index in [2.05, 4.69) is 19.9 Å². The summed E-state index contributed by atoms with van der Waals surface area (Å²) in [5.41, 5.74) is 3.51. The standard InChI is InChI=1S/C37H35F2N5O4/c1-37(47)7-10-43(11-8-37)20-21-2-5-29(41-19-21)30-18-27-25(6-9-40-35(27)42-30)26-16-24(38)17-31(34(26)45)44-12-13-48-32-15-23(22-3-4-22)14-28(39)33(32)36(44)46/h2,5-6,9,14-19,22,45,47H,3-4,7-8,10-13,20H2,1H3,(H,40,42). The molecule has 2 aromatic carbocycles. The number of phenols is 1. The maximum absolute atomic E-state index is 15.3. The number of H-pyrrole nitrogens is 1. The Balaban J connectivity index is 1.10. The summed E-state index contributed by atoms with van der Waals surface area (Å²) in [6, 6.07) is 12.9. The number of halogens is 2. The third-order valence-corrected chi connectivity index (χ3v) is 9.76. The maximum atomic E-state index is 15.3. The van der Waals surface area contributed by atoms with Crippen LogP contribution in [0.3, 0.4) is 0 Å². The highest BCUT2D eigenvalue weighted by atomic mass is 19.1. The Morgan fingerprint density at radius 3 is 2.58 bits per heavy atom. The Labute approximate surface area is 275 Å². The van der Waals surface area contributed by atoms with Gasteiger partial charge in [0, 0.05) is 49.0 Å². The number of benzene rings is 2. The fourth-order valence-electron chi connectivity index (χ4n) is 6.81. The number of rotatable bonds is 6. The van der Waals surface area contributed by atoms with Crippen molar-refractivity contribution in [3.8, 4) is 34.0 Å². The van der Waals surface area contributed by atoms with Gasteiger partial charge in [-0.15, -0.1) is 0 Å². The van der Waals surface area contributed by atoms with E-state index in [1.807, 2.05) is 31.3 Å². The molecule has 1 aliphatic carbocycles. The zero-order chi connectivity index (χ0) is 33.2. The first-order chi connectivity index (χ1) is 23.1. The van der Waals surface area contributed by atoms with Gasteiger partial charge in [-0.3, -0.25) is 14.7 Å². The zero-order valence-electron chi connectivity index (χ0n) is 26.5. The first-order valence-electron chi connectivity index (χ1n) is 16.3. The second kappa shape index (κ2) is 11.7. The Hall–Kier alpha value is -4.87. The highest BCUT2D eigenvalue weighted by Gasteiger charge is 2.34. The summed E-state index contributed by atoms with van der Waals surface area (Å²) >= 11 is 0. The van der Waals surface area contributed by atoms with Gasteiger partial charge < -0.3 is 24.8 Å². The van der Waals surface area contributed by atoms with Crippen molar-refractivity contribution in [2.24, 2.45) is 0 Å². The lowest BCUT2D eigenvalue weighted by Crippen LogP contribution is -2.41. The number of amides is 1. The number of nitrogens with zero attached hydrogens (tertiary/aromatic N) is 4. The second-order valence-electron chi connectivity index (χ2n) is 13.4. The van der Waals surface area contributed by atoms with E-state index in [1.165, 1.54) is 17.0 Å². The van der Waals surface area contributed by atoms with Gasteiger partial charge in [0.15, 0.2) is 0 Å². The molecular weight excluding hydrogens is 616 g/mol. The molecule has 0 spiro atoms. The smallest absolute Gasteiger partial charge is 0.265 e. The Kier molecular flexibility index (Phi) is 7.41. The molecule has 8 rings (SSSR count). The molecule has 5 heterocycles. The van der Waals surface area contributed by atoms with Gasteiger partial charge in [0.2, 0.25) is 0 Å². The number of hydrogen-bond acceptors (Lipinski definition) is 7. The van der Waals surface area contributed by atoms with Crippen LogP contribution >= 0.6 is 0 Å². The number of fused-ring (bicyclic) bond motifs is 2. The minimum atomic E-state index is -0.709. The monoisotopic (exact) mass is 651 g/mol. The molecule has 0 bridgehead atoms. The number of carbonyl (C=O) groups excluding carboxylic acids is 1. The average molecular weight is 652 g/mol. The third-order valence-electron chi connectivity index (χ3n) is 9.76. The van der Waals surface area contributed by atoms with Crippen LogP contribution in [0.25, 0.3) is 33.5 Å². The molecule has 1 amide bonds. The van der Waals surface area contributed by atoms with E-state index in [4.69, 9.17) is 4.74 Å². The first kappa shape index (κ1) is 30.5. The van der Waals surface area contributed by atoms with Crippen LogP contribution in [0.1, 0.15) is 60.0 Å². The van der Waals surface area contributed by atoms with Crippen molar-refractivity contribution in [3.05, 3.63) is 89.2 Å². The molecule has 1 saturated carbocycles. The van der Waals surface area contributed by atoms with Crippen LogP contribution in [0.4, 0.5) is 14.5 Å². The largest absolute Gasteiger partial charge is 0.505 e. The average Bonchev–Trinajstić information content (AvgIpc) is 3.85. The Morgan fingerprint density at radius 1 is 1.02 bits per heavy atom. The number of piperidine rings is 1. The number of hydrogen-bond donors (Lipinski definition) is 3. The molecule has 5 aromatic rings. The highest BCUT2D eigenvalue weighted by Crippen LogP contribution is 2.45. The molecular formula is C37H35F2N5O4. The van der Waals surface area contributed by atoms with E-state index in [1.54, 1.807) is 18.3 Å². The number of anilines is 1. The van der Waals surface area contributed by atoms with Crippen molar-refractivity contribution in [1.29, 1.82) is 0 Å². The van der Waals surface area contributed by atoms with Gasteiger partial charge in [-0.25, -0.2) is 13.8 Å². The topological polar surface area (TPSA) is 115 Å².